The van der Waals surface area contributed by atoms with E-state index in [1.54, 1.807) is 24.3 Å². The Balaban J connectivity index is 1.38. The summed E-state index contributed by atoms with van der Waals surface area (Å²) in [6, 6.07) is 12.2. The minimum Gasteiger partial charge on any atom is -0.486 e. The number of nitrogens with zero attached hydrogens (tertiary/aromatic N) is 1. The van der Waals surface area contributed by atoms with Crippen LogP contribution in [-0.2, 0) is 20.6 Å². The summed E-state index contributed by atoms with van der Waals surface area (Å²) in [5, 5.41) is 3.53. The van der Waals surface area contributed by atoms with Gasteiger partial charge in [-0.15, -0.1) is 0 Å². The normalized spacial score (nSPS) is 19.9. The van der Waals surface area contributed by atoms with Crippen molar-refractivity contribution in [2.45, 2.75) is 31.6 Å². The molecule has 172 valence electrons. The molecule has 2 aromatic rings. The van der Waals surface area contributed by atoms with Crippen LogP contribution in [0.2, 0.25) is 5.02 Å². The van der Waals surface area contributed by atoms with E-state index < -0.39 is 15.9 Å². The van der Waals surface area contributed by atoms with Crippen molar-refractivity contribution in [3.8, 4) is 11.5 Å². The lowest BCUT2D eigenvalue weighted by Crippen LogP contribution is -2.46. The number of amides is 1. The van der Waals surface area contributed by atoms with E-state index in [2.05, 4.69) is 5.32 Å². The first-order valence-electron chi connectivity index (χ1n) is 10.7. The summed E-state index contributed by atoms with van der Waals surface area (Å²) in [6.45, 7) is 3.53. The van der Waals surface area contributed by atoms with E-state index in [1.165, 1.54) is 4.31 Å². The highest BCUT2D eigenvalue weighted by Crippen LogP contribution is 2.33. The molecule has 7 nitrogen and oxygen atoms in total. The van der Waals surface area contributed by atoms with Gasteiger partial charge >= 0.3 is 0 Å². The third kappa shape index (κ3) is 5.36. The minimum absolute atomic E-state index is 0.129. The number of fused-ring (bicyclic) bond motifs is 1. The van der Waals surface area contributed by atoms with Gasteiger partial charge in [0, 0.05) is 18.1 Å². The number of carbonyl (C=O) groups is 1. The third-order valence-corrected chi connectivity index (χ3v) is 7.86. The lowest BCUT2D eigenvalue weighted by atomic mass is 9.97. The molecule has 0 radical (unpaired) electrons. The number of hydrogen-bond donors (Lipinski definition) is 1. The molecule has 1 N–H and O–H groups in total. The van der Waals surface area contributed by atoms with Gasteiger partial charge in [-0.2, -0.15) is 0 Å². The monoisotopic (exact) mass is 478 g/mol. The van der Waals surface area contributed by atoms with Gasteiger partial charge < -0.3 is 14.8 Å². The van der Waals surface area contributed by atoms with E-state index in [4.69, 9.17) is 21.1 Å². The molecule has 2 aliphatic rings. The SMILES string of the molecule is C[C@@H](NC(=O)[C@H]1CCCN(S(=O)(=O)Cc2cccc(Cl)c2)C1)c1ccc2c(c1)OCCO2. The number of ether oxygens (including phenoxy) is 2. The number of halogens is 1. The highest BCUT2D eigenvalue weighted by Gasteiger charge is 2.33. The maximum atomic E-state index is 12.9. The van der Waals surface area contributed by atoms with Crippen molar-refractivity contribution in [3.05, 3.63) is 58.6 Å². The Bertz CT molecular complexity index is 1090. The smallest absolute Gasteiger partial charge is 0.224 e. The number of hydrogen-bond acceptors (Lipinski definition) is 5. The lowest BCUT2D eigenvalue weighted by molar-refractivity contribution is -0.126. The van der Waals surface area contributed by atoms with Crippen LogP contribution in [0.15, 0.2) is 42.5 Å². The molecule has 32 heavy (non-hydrogen) atoms. The quantitative estimate of drug-likeness (QED) is 0.686. The summed E-state index contributed by atoms with van der Waals surface area (Å²) in [5.74, 6) is 0.708. The Morgan fingerprint density at radius 2 is 1.97 bits per heavy atom. The fourth-order valence-electron chi connectivity index (χ4n) is 4.08. The number of rotatable bonds is 6. The molecule has 0 spiro atoms. The van der Waals surface area contributed by atoms with Crippen molar-refractivity contribution in [2.24, 2.45) is 5.92 Å². The first-order valence-corrected chi connectivity index (χ1v) is 12.7. The molecule has 2 aromatic carbocycles. The second kappa shape index (κ2) is 9.68. The van der Waals surface area contributed by atoms with Crippen molar-refractivity contribution in [1.29, 1.82) is 0 Å². The highest BCUT2D eigenvalue weighted by molar-refractivity contribution is 7.88. The van der Waals surface area contributed by atoms with Crippen LogP contribution < -0.4 is 14.8 Å². The van der Waals surface area contributed by atoms with Gasteiger partial charge in [-0.1, -0.05) is 29.8 Å². The molecule has 1 amide bonds. The van der Waals surface area contributed by atoms with Crippen molar-refractivity contribution in [2.75, 3.05) is 26.3 Å². The first kappa shape index (κ1) is 22.9. The summed E-state index contributed by atoms with van der Waals surface area (Å²) in [6.07, 6.45) is 1.30. The average Bonchev–Trinajstić information content (AvgIpc) is 2.78. The van der Waals surface area contributed by atoms with Crippen LogP contribution >= 0.6 is 11.6 Å². The molecule has 2 heterocycles. The van der Waals surface area contributed by atoms with Gasteiger partial charge in [0.15, 0.2) is 11.5 Å². The summed E-state index contributed by atoms with van der Waals surface area (Å²) in [5.41, 5.74) is 1.54. The molecule has 0 aliphatic carbocycles. The molecule has 1 fully saturated rings. The standard InChI is InChI=1S/C23H27ClN2O5S/c1-16(18-7-8-21-22(13-18)31-11-10-30-21)25-23(27)19-5-3-9-26(14-19)32(28,29)15-17-4-2-6-20(24)12-17/h2,4,6-8,12-13,16,19H,3,5,9-11,14-15H2,1H3,(H,25,27)/t16-,19+/m1/s1. The van der Waals surface area contributed by atoms with E-state index in [1.807, 2.05) is 25.1 Å². The van der Waals surface area contributed by atoms with Gasteiger partial charge in [0.1, 0.15) is 13.2 Å². The van der Waals surface area contributed by atoms with Gasteiger partial charge in [-0.25, -0.2) is 12.7 Å². The van der Waals surface area contributed by atoms with Gasteiger partial charge in [-0.05, 0) is 55.2 Å². The third-order valence-electron chi connectivity index (χ3n) is 5.81. The Hall–Kier alpha value is -2.29. The second-order valence-corrected chi connectivity index (χ2v) is 10.6. The summed E-state index contributed by atoms with van der Waals surface area (Å²) in [4.78, 5) is 12.9. The predicted molar refractivity (Wildman–Crippen MR) is 122 cm³/mol. The molecular weight excluding hydrogens is 452 g/mol. The zero-order chi connectivity index (χ0) is 22.7. The van der Waals surface area contributed by atoms with Gasteiger partial charge in [0.2, 0.25) is 15.9 Å². The summed E-state index contributed by atoms with van der Waals surface area (Å²) >= 11 is 5.99. The lowest BCUT2D eigenvalue weighted by Gasteiger charge is -2.32. The zero-order valence-corrected chi connectivity index (χ0v) is 19.5. The van der Waals surface area contributed by atoms with Crippen molar-refractivity contribution >= 4 is 27.5 Å². The van der Waals surface area contributed by atoms with Gasteiger partial charge in [-0.3, -0.25) is 4.79 Å². The fraction of sp³-hybridized carbons (Fsp3) is 0.435. The Morgan fingerprint density at radius 3 is 2.75 bits per heavy atom. The summed E-state index contributed by atoms with van der Waals surface area (Å²) < 4.78 is 38.5. The maximum Gasteiger partial charge on any atom is 0.224 e. The van der Waals surface area contributed by atoms with Crippen molar-refractivity contribution in [3.63, 3.8) is 0 Å². The van der Waals surface area contributed by atoms with E-state index >= 15 is 0 Å². The second-order valence-electron chi connectivity index (χ2n) is 8.22. The van der Waals surface area contributed by atoms with Crippen LogP contribution in [-0.4, -0.2) is 44.9 Å². The van der Waals surface area contributed by atoms with E-state index in [9.17, 15) is 13.2 Å². The highest BCUT2D eigenvalue weighted by atomic mass is 35.5. The molecule has 1 saturated heterocycles. The average molecular weight is 479 g/mol. The van der Waals surface area contributed by atoms with Gasteiger partial charge in [0.25, 0.3) is 0 Å². The molecule has 9 heteroatoms. The molecule has 0 saturated carbocycles. The van der Waals surface area contributed by atoms with Crippen LogP contribution in [0, 0.1) is 5.92 Å². The molecule has 2 aliphatic heterocycles. The van der Waals surface area contributed by atoms with Crippen LogP contribution in [0.5, 0.6) is 11.5 Å². The van der Waals surface area contributed by atoms with Crippen molar-refractivity contribution < 1.29 is 22.7 Å². The van der Waals surface area contributed by atoms with Crippen LogP contribution in [0.4, 0.5) is 0 Å². The van der Waals surface area contributed by atoms with E-state index in [0.717, 1.165) is 5.56 Å². The topological polar surface area (TPSA) is 84.9 Å². The Morgan fingerprint density at radius 1 is 1.19 bits per heavy atom. The fourth-order valence-corrected chi connectivity index (χ4v) is 5.89. The van der Waals surface area contributed by atoms with Gasteiger partial charge in [0.05, 0.1) is 17.7 Å². The largest absolute Gasteiger partial charge is 0.486 e. The molecule has 0 bridgehead atoms. The maximum absolute atomic E-state index is 12.9. The number of nitrogens with one attached hydrogen (secondary N) is 1. The number of benzene rings is 2. The van der Waals surface area contributed by atoms with E-state index in [-0.39, 0.29) is 24.2 Å². The van der Waals surface area contributed by atoms with Crippen LogP contribution in [0.1, 0.15) is 36.9 Å². The minimum atomic E-state index is -3.55. The Labute approximate surface area is 193 Å². The Kier molecular flexibility index (Phi) is 6.93. The predicted octanol–water partition coefficient (Wildman–Crippen LogP) is 3.53. The molecule has 2 atom stereocenters. The number of piperidine rings is 1. The van der Waals surface area contributed by atoms with Crippen LogP contribution in [0.25, 0.3) is 0 Å². The summed E-state index contributed by atoms with van der Waals surface area (Å²) in [7, 11) is -3.55. The number of sulfonamides is 1. The van der Waals surface area contributed by atoms with Crippen molar-refractivity contribution in [1.82, 2.24) is 9.62 Å². The molecule has 0 aromatic heterocycles. The van der Waals surface area contributed by atoms with Crippen LogP contribution in [0.3, 0.4) is 0 Å². The molecular formula is C23H27ClN2O5S. The molecule has 4 rings (SSSR count). The molecule has 0 unspecified atom stereocenters. The zero-order valence-electron chi connectivity index (χ0n) is 17.9. The van der Waals surface area contributed by atoms with E-state index in [0.29, 0.717) is 54.7 Å². The first-order chi connectivity index (χ1) is 15.3. The number of carbonyl (C=O) groups excluding carboxylic acids is 1.